The lowest BCUT2D eigenvalue weighted by Crippen LogP contribution is -2.02. The van der Waals surface area contributed by atoms with Crippen LogP contribution < -0.4 is 9.47 Å². The Kier molecular flexibility index (Phi) is 5.29. The molecule has 0 aliphatic rings. The van der Waals surface area contributed by atoms with E-state index in [1.165, 1.54) is 12.7 Å². The number of aliphatic hydroxyl groups is 1. The number of ether oxygens (including phenoxy) is 2. The maximum atomic E-state index is 10.3. The van der Waals surface area contributed by atoms with Crippen molar-refractivity contribution >= 4 is 22.9 Å². The minimum absolute atomic E-state index is 0.407. The molecule has 3 nitrogen and oxygen atoms in total. The molecule has 2 aromatic rings. The van der Waals surface area contributed by atoms with Gasteiger partial charge in [0.1, 0.15) is 0 Å². The molecular formula is C15H17ClO3S. The predicted molar refractivity (Wildman–Crippen MR) is 82.2 cm³/mol. The average Bonchev–Trinajstić information content (AvgIpc) is 2.97. The van der Waals surface area contributed by atoms with Gasteiger partial charge >= 0.3 is 0 Å². The number of aliphatic hydroxyl groups excluding tert-OH is 1. The minimum atomic E-state index is -0.623. The predicted octanol–water partition coefficient (Wildman–Crippen LogP) is 4.08. The largest absolute Gasteiger partial charge is 0.493 e. The molecule has 108 valence electrons. The number of halogens is 1. The van der Waals surface area contributed by atoms with Crippen LogP contribution in [0.15, 0.2) is 29.0 Å². The van der Waals surface area contributed by atoms with Crippen LogP contribution in [0.3, 0.4) is 0 Å². The van der Waals surface area contributed by atoms with Gasteiger partial charge in [0.15, 0.2) is 11.5 Å². The van der Waals surface area contributed by atoms with E-state index >= 15 is 0 Å². The summed E-state index contributed by atoms with van der Waals surface area (Å²) in [6, 6.07) is 5.60. The molecule has 1 unspecified atom stereocenters. The number of thiophene rings is 1. The molecule has 2 rings (SSSR count). The summed E-state index contributed by atoms with van der Waals surface area (Å²) in [5, 5.41) is 14.8. The molecule has 0 amide bonds. The van der Waals surface area contributed by atoms with Gasteiger partial charge in [0, 0.05) is 5.56 Å². The summed E-state index contributed by atoms with van der Waals surface area (Å²) in [6.45, 7) is 0. The molecule has 0 aliphatic heterocycles. The minimum Gasteiger partial charge on any atom is -0.493 e. The molecule has 1 atom stereocenters. The highest BCUT2D eigenvalue weighted by atomic mass is 35.5. The Hall–Kier alpha value is -1.23. The van der Waals surface area contributed by atoms with E-state index in [9.17, 15) is 5.11 Å². The standard InChI is InChI=1S/C15H17ClO3S/c1-18-13-6-4-11(14(16)15(13)19-2)12(17)5-3-10-7-8-20-9-10/h4,6-9,12,17H,3,5H2,1-2H3. The summed E-state index contributed by atoms with van der Waals surface area (Å²) < 4.78 is 10.4. The molecule has 1 heterocycles. The van der Waals surface area contributed by atoms with Crippen LogP contribution in [0.5, 0.6) is 11.5 Å². The molecule has 1 aromatic carbocycles. The van der Waals surface area contributed by atoms with Crippen LogP contribution in [-0.2, 0) is 6.42 Å². The zero-order valence-electron chi connectivity index (χ0n) is 11.4. The van der Waals surface area contributed by atoms with E-state index in [2.05, 4.69) is 11.4 Å². The first-order valence-corrected chi connectivity index (χ1v) is 7.59. The van der Waals surface area contributed by atoms with Crippen molar-refractivity contribution in [2.45, 2.75) is 18.9 Å². The van der Waals surface area contributed by atoms with Gasteiger partial charge < -0.3 is 14.6 Å². The van der Waals surface area contributed by atoms with Crippen molar-refractivity contribution in [1.82, 2.24) is 0 Å². The summed E-state index contributed by atoms with van der Waals surface area (Å²) >= 11 is 7.94. The van der Waals surface area contributed by atoms with Crippen molar-refractivity contribution in [2.75, 3.05) is 14.2 Å². The van der Waals surface area contributed by atoms with Gasteiger partial charge in [0.2, 0.25) is 0 Å². The fourth-order valence-electron chi connectivity index (χ4n) is 2.06. The van der Waals surface area contributed by atoms with Gasteiger partial charge in [-0.3, -0.25) is 0 Å². The van der Waals surface area contributed by atoms with E-state index < -0.39 is 6.10 Å². The highest BCUT2D eigenvalue weighted by Gasteiger charge is 2.18. The molecule has 1 aromatic heterocycles. The maximum Gasteiger partial charge on any atom is 0.179 e. The Balaban J connectivity index is 2.15. The molecule has 20 heavy (non-hydrogen) atoms. The van der Waals surface area contributed by atoms with Crippen LogP contribution in [0.25, 0.3) is 0 Å². The molecule has 1 N–H and O–H groups in total. The second-order valence-corrected chi connectivity index (χ2v) is 5.55. The lowest BCUT2D eigenvalue weighted by atomic mass is 10.0. The van der Waals surface area contributed by atoms with Crippen LogP contribution in [0, 0.1) is 0 Å². The van der Waals surface area contributed by atoms with Gasteiger partial charge in [0.25, 0.3) is 0 Å². The quantitative estimate of drug-likeness (QED) is 0.873. The Labute approximate surface area is 127 Å². The molecule has 0 spiro atoms. The molecule has 0 bridgehead atoms. The molecule has 0 aliphatic carbocycles. The SMILES string of the molecule is COc1ccc(C(O)CCc2ccsc2)c(Cl)c1OC. The lowest BCUT2D eigenvalue weighted by Gasteiger charge is -2.16. The van der Waals surface area contributed by atoms with Crippen molar-refractivity contribution < 1.29 is 14.6 Å². The Morgan fingerprint density at radius 3 is 2.65 bits per heavy atom. The Bertz CT molecular complexity index is 554. The van der Waals surface area contributed by atoms with Gasteiger partial charge in [0.05, 0.1) is 25.3 Å². The third kappa shape index (κ3) is 3.26. The zero-order valence-corrected chi connectivity index (χ0v) is 13.0. The fourth-order valence-corrected chi connectivity index (χ4v) is 3.12. The molecular weight excluding hydrogens is 296 g/mol. The van der Waals surface area contributed by atoms with Gasteiger partial charge in [-0.25, -0.2) is 0 Å². The lowest BCUT2D eigenvalue weighted by molar-refractivity contribution is 0.167. The van der Waals surface area contributed by atoms with Crippen molar-refractivity contribution in [2.24, 2.45) is 0 Å². The van der Waals surface area contributed by atoms with Crippen LogP contribution >= 0.6 is 22.9 Å². The first kappa shape index (κ1) is 15.2. The summed E-state index contributed by atoms with van der Waals surface area (Å²) in [7, 11) is 3.09. The summed E-state index contributed by atoms with van der Waals surface area (Å²) in [4.78, 5) is 0. The zero-order chi connectivity index (χ0) is 14.5. The van der Waals surface area contributed by atoms with Crippen molar-refractivity contribution in [3.63, 3.8) is 0 Å². The third-order valence-corrected chi connectivity index (χ3v) is 4.28. The monoisotopic (exact) mass is 312 g/mol. The first-order valence-electron chi connectivity index (χ1n) is 6.27. The van der Waals surface area contributed by atoms with Gasteiger partial charge in [-0.1, -0.05) is 17.7 Å². The number of hydrogen-bond acceptors (Lipinski definition) is 4. The summed E-state index contributed by atoms with van der Waals surface area (Å²) in [6.07, 6.45) is 0.809. The average molecular weight is 313 g/mol. The summed E-state index contributed by atoms with van der Waals surface area (Å²) in [5.74, 6) is 1.02. The van der Waals surface area contributed by atoms with E-state index in [1.807, 2.05) is 5.38 Å². The van der Waals surface area contributed by atoms with Crippen LogP contribution in [-0.4, -0.2) is 19.3 Å². The Morgan fingerprint density at radius 2 is 2.05 bits per heavy atom. The van der Waals surface area contributed by atoms with E-state index in [4.69, 9.17) is 21.1 Å². The van der Waals surface area contributed by atoms with Crippen LogP contribution in [0.1, 0.15) is 23.7 Å². The number of rotatable bonds is 6. The topological polar surface area (TPSA) is 38.7 Å². The third-order valence-electron chi connectivity index (χ3n) is 3.16. The fraction of sp³-hybridized carbons (Fsp3) is 0.333. The first-order chi connectivity index (χ1) is 9.67. The van der Waals surface area contributed by atoms with Gasteiger partial charge in [-0.05, 0) is 41.3 Å². The molecule has 0 radical (unpaired) electrons. The number of benzene rings is 1. The van der Waals surface area contributed by atoms with Crippen LogP contribution in [0.4, 0.5) is 0 Å². The van der Waals surface area contributed by atoms with E-state index in [0.717, 1.165) is 6.42 Å². The van der Waals surface area contributed by atoms with E-state index in [-0.39, 0.29) is 0 Å². The van der Waals surface area contributed by atoms with Gasteiger partial charge in [-0.2, -0.15) is 11.3 Å². The highest BCUT2D eigenvalue weighted by molar-refractivity contribution is 7.07. The maximum absolute atomic E-state index is 10.3. The highest BCUT2D eigenvalue weighted by Crippen LogP contribution is 2.40. The molecule has 0 fully saturated rings. The smallest absolute Gasteiger partial charge is 0.179 e. The van der Waals surface area contributed by atoms with E-state index in [0.29, 0.717) is 28.5 Å². The molecule has 0 saturated carbocycles. The van der Waals surface area contributed by atoms with E-state index in [1.54, 1.807) is 30.6 Å². The summed E-state index contributed by atoms with van der Waals surface area (Å²) in [5.41, 5.74) is 1.89. The van der Waals surface area contributed by atoms with Crippen LogP contribution in [0.2, 0.25) is 5.02 Å². The second-order valence-electron chi connectivity index (χ2n) is 4.39. The van der Waals surface area contributed by atoms with Gasteiger partial charge in [-0.15, -0.1) is 0 Å². The number of aryl methyl sites for hydroxylation is 1. The normalized spacial score (nSPS) is 12.2. The van der Waals surface area contributed by atoms with Crippen molar-refractivity contribution in [3.8, 4) is 11.5 Å². The molecule has 0 saturated heterocycles. The number of methoxy groups -OCH3 is 2. The molecule has 5 heteroatoms. The Morgan fingerprint density at radius 1 is 1.25 bits per heavy atom. The number of hydrogen-bond donors (Lipinski definition) is 1. The second kappa shape index (κ2) is 6.97. The van der Waals surface area contributed by atoms with Crippen molar-refractivity contribution in [1.29, 1.82) is 0 Å². The van der Waals surface area contributed by atoms with Crippen molar-refractivity contribution in [3.05, 3.63) is 45.1 Å².